The molecule has 2 heterocycles. The van der Waals surface area contributed by atoms with E-state index in [1.54, 1.807) is 36.4 Å². The van der Waals surface area contributed by atoms with Crippen molar-refractivity contribution in [2.45, 2.75) is 13.2 Å². The SMILES string of the molecule is COC(=O)c1ccc(CN2C(=O)NC(=Cc3ccccc3OCc3cccc([N+](=O)[O-])c3)C2=O)o1. The highest BCUT2D eigenvalue weighted by Gasteiger charge is 2.34. The van der Waals surface area contributed by atoms with E-state index >= 15 is 0 Å². The summed E-state index contributed by atoms with van der Waals surface area (Å²) in [6.07, 6.45) is 1.48. The molecular formula is C24H19N3O8. The number of benzene rings is 2. The predicted molar refractivity (Wildman–Crippen MR) is 121 cm³/mol. The van der Waals surface area contributed by atoms with E-state index in [-0.39, 0.29) is 36.1 Å². The first-order valence-corrected chi connectivity index (χ1v) is 10.3. The number of rotatable bonds is 8. The summed E-state index contributed by atoms with van der Waals surface area (Å²) in [6.45, 7) is -0.112. The summed E-state index contributed by atoms with van der Waals surface area (Å²) in [6, 6.07) is 15.2. The fourth-order valence-electron chi connectivity index (χ4n) is 3.35. The average molecular weight is 477 g/mol. The van der Waals surface area contributed by atoms with Crippen molar-refractivity contribution in [2.75, 3.05) is 7.11 Å². The number of hydrogen-bond donors (Lipinski definition) is 1. The molecule has 3 aromatic rings. The van der Waals surface area contributed by atoms with Gasteiger partial charge in [0.2, 0.25) is 5.76 Å². The Morgan fingerprint density at radius 1 is 1.14 bits per heavy atom. The maximum atomic E-state index is 12.8. The second kappa shape index (κ2) is 9.91. The van der Waals surface area contributed by atoms with Crippen molar-refractivity contribution in [1.29, 1.82) is 0 Å². The number of carbonyl (C=O) groups excluding carboxylic acids is 3. The standard InChI is InChI=1S/C24H19N3O8/c1-33-23(29)21-10-9-18(35-21)13-26-22(28)19(25-24(26)30)12-16-6-2-3-8-20(16)34-14-15-5-4-7-17(11-15)27(31)32/h2-12H,13-14H2,1H3,(H,25,30). The number of nitrogens with zero attached hydrogens (tertiary/aromatic N) is 2. The van der Waals surface area contributed by atoms with Gasteiger partial charge in [0, 0.05) is 17.7 Å². The molecule has 0 atom stereocenters. The minimum absolute atomic E-state index is 0.0288. The Kier molecular flexibility index (Phi) is 6.58. The summed E-state index contributed by atoms with van der Waals surface area (Å²) in [5, 5.41) is 13.5. The zero-order valence-corrected chi connectivity index (χ0v) is 18.4. The van der Waals surface area contributed by atoms with Crippen LogP contribution in [0, 0.1) is 10.1 Å². The number of non-ortho nitro benzene ring substituents is 1. The Balaban J connectivity index is 1.49. The number of nitro groups is 1. The molecule has 1 fully saturated rings. The van der Waals surface area contributed by atoms with Crippen molar-refractivity contribution in [1.82, 2.24) is 10.2 Å². The zero-order chi connectivity index (χ0) is 24.9. The fraction of sp³-hybridized carbons (Fsp3) is 0.125. The van der Waals surface area contributed by atoms with Crippen molar-refractivity contribution in [3.63, 3.8) is 0 Å². The lowest BCUT2D eigenvalue weighted by atomic mass is 10.1. The largest absolute Gasteiger partial charge is 0.488 e. The number of nitrogens with one attached hydrogen (secondary N) is 1. The highest BCUT2D eigenvalue weighted by molar-refractivity contribution is 6.14. The summed E-state index contributed by atoms with van der Waals surface area (Å²) in [5.41, 5.74) is 1.11. The molecular weight excluding hydrogens is 458 g/mol. The number of para-hydroxylation sites is 1. The first-order valence-electron chi connectivity index (χ1n) is 10.3. The number of methoxy groups -OCH3 is 1. The molecule has 1 saturated heterocycles. The molecule has 0 saturated carbocycles. The van der Waals surface area contributed by atoms with Gasteiger partial charge in [-0.25, -0.2) is 9.59 Å². The van der Waals surface area contributed by atoms with E-state index in [2.05, 4.69) is 10.1 Å². The molecule has 1 aromatic heterocycles. The number of hydrogen-bond acceptors (Lipinski definition) is 8. The van der Waals surface area contributed by atoms with Crippen LogP contribution in [0.25, 0.3) is 6.08 Å². The summed E-state index contributed by atoms with van der Waals surface area (Å²) in [5.74, 6) is -0.646. The van der Waals surface area contributed by atoms with Gasteiger partial charge in [-0.3, -0.25) is 19.8 Å². The Bertz CT molecular complexity index is 1340. The normalized spacial score (nSPS) is 14.2. The van der Waals surface area contributed by atoms with Crippen molar-refractivity contribution < 1.29 is 33.2 Å². The highest BCUT2D eigenvalue weighted by Crippen LogP contribution is 2.25. The molecule has 2 aromatic carbocycles. The van der Waals surface area contributed by atoms with Crippen molar-refractivity contribution in [2.24, 2.45) is 0 Å². The molecule has 4 rings (SSSR count). The molecule has 11 heteroatoms. The molecule has 0 bridgehead atoms. The van der Waals surface area contributed by atoms with Gasteiger partial charge in [-0.15, -0.1) is 0 Å². The Morgan fingerprint density at radius 2 is 1.94 bits per heavy atom. The minimum Gasteiger partial charge on any atom is -0.488 e. The maximum Gasteiger partial charge on any atom is 0.373 e. The molecule has 11 nitrogen and oxygen atoms in total. The molecule has 3 amide bonds. The first-order chi connectivity index (χ1) is 16.9. The van der Waals surface area contributed by atoms with Gasteiger partial charge in [0.25, 0.3) is 11.6 Å². The third-order valence-corrected chi connectivity index (χ3v) is 5.06. The summed E-state index contributed by atoms with van der Waals surface area (Å²) < 4.78 is 15.7. The molecule has 1 N–H and O–H groups in total. The van der Waals surface area contributed by atoms with Gasteiger partial charge >= 0.3 is 12.0 Å². The monoisotopic (exact) mass is 477 g/mol. The van der Waals surface area contributed by atoms with Gasteiger partial charge in [0.15, 0.2) is 0 Å². The summed E-state index contributed by atoms with van der Waals surface area (Å²) in [7, 11) is 1.21. The average Bonchev–Trinajstić information content (AvgIpc) is 3.43. The number of furan rings is 1. The molecule has 0 unspecified atom stereocenters. The van der Waals surface area contributed by atoms with Crippen molar-refractivity contribution in [3.8, 4) is 5.75 Å². The lowest BCUT2D eigenvalue weighted by Gasteiger charge is -2.10. The van der Waals surface area contributed by atoms with Crippen LogP contribution in [0.5, 0.6) is 5.75 Å². The van der Waals surface area contributed by atoms with E-state index in [1.807, 2.05) is 0 Å². The van der Waals surface area contributed by atoms with Gasteiger partial charge in [0.05, 0.1) is 18.6 Å². The van der Waals surface area contributed by atoms with Crippen LogP contribution in [0.3, 0.4) is 0 Å². The molecule has 35 heavy (non-hydrogen) atoms. The number of carbonyl (C=O) groups is 3. The number of ether oxygens (including phenoxy) is 2. The minimum atomic E-state index is -0.671. The number of amides is 3. The molecule has 0 aliphatic carbocycles. The Labute approximate surface area is 198 Å². The molecule has 1 aliphatic heterocycles. The van der Waals surface area contributed by atoms with Gasteiger partial charge in [-0.1, -0.05) is 30.3 Å². The van der Waals surface area contributed by atoms with Gasteiger partial charge in [-0.05, 0) is 29.8 Å². The summed E-state index contributed by atoms with van der Waals surface area (Å²) >= 11 is 0. The maximum absolute atomic E-state index is 12.8. The van der Waals surface area contributed by atoms with Crippen LogP contribution in [-0.4, -0.2) is 34.8 Å². The topological polar surface area (TPSA) is 141 Å². The van der Waals surface area contributed by atoms with Crippen LogP contribution in [0.15, 0.2) is 70.8 Å². The smallest absolute Gasteiger partial charge is 0.373 e. The zero-order valence-electron chi connectivity index (χ0n) is 18.4. The van der Waals surface area contributed by atoms with E-state index in [1.165, 1.54) is 37.5 Å². The van der Waals surface area contributed by atoms with Crippen molar-refractivity contribution >= 4 is 29.7 Å². The van der Waals surface area contributed by atoms with E-state index in [4.69, 9.17) is 9.15 Å². The second-order valence-corrected chi connectivity index (χ2v) is 7.39. The fourth-order valence-corrected chi connectivity index (χ4v) is 3.35. The molecule has 1 aliphatic rings. The Morgan fingerprint density at radius 3 is 2.71 bits per heavy atom. The number of nitro benzene ring substituents is 1. The van der Waals surface area contributed by atoms with Crippen LogP contribution in [0.2, 0.25) is 0 Å². The Hall–Kier alpha value is -4.93. The van der Waals surface area contributed by atoms with Crippen LogP contribution in [0.4, 0.5) is 10.5 Å². The number of urea groups is 1. The lowest BCUT2D eigenvalue weighted by molar-refractivity contribution is -0.384. The number of esters is 1. The third-order valence-electron chi connectivity index (χ3n) is 5.06. The van der Waals surface area contributed by atoms with Gasteiger partial charge in [-0.2, -0.15) is 0 Å². The number of imide groups is 1. The van der Waals surface area contributed by atoms with Crippen LogP contribution in [0.1, 0.15) is 27.4 Å². The van der Waals surface area contributed by atoms with Crippen LogP contribution >= 0.6 is 0 Å². The molecule has 178 valence electrons. The first kappa shape index (κ1) is 23.2. The predicted octanol–water partition coefficient (Wildman–Crippen LogP) is 3.65. The molecule has 0 spiro atoms. The quantitative estimate of drug-likeness (QED) is 0.170. The van der Waals surface area contributed by atoms with Crippen LogP contribution in [-0.2, 0) is 22.7 Å². The third kappa shape index (κ3) is 5.19. The molecule has 0 radical (unpaired) electrons. The summed E-state index contributed by atoms with van der Waals surface area (Å²) in [4.78, 5) is 48.2. The lowest BCUT2D eigenvalue weighted by Crippen LogP contribution is -2.30. The van der Waals surface area contributed by atoms with E-state index in [0.717, 1.165) is 4.90 Å². The van der Waals surface area contributed by atoms with Crippen molar-refractivity contribution in [3.05, 3.63) is 99.1 Å². The highest BCUT2D eigenvalue weighted by atomic mass is 16.6. The second-order valence-electron chi connectivity index (χ2n) is 7.39. The van der Waals surface area contributed by atoms with E-state index in [0.29, 0.717) is 16.9 Å². The van der Waals surface area contributed by atoms with E-state index in [9.17, 15) is 24.5 Å². The van der Waals surface area contributed by atoms with Gasteiger partial charge in [0.1, 0.15) is 23.8 Å². The van der Waals surface area contributed by atoms with Gasteiger partial charge < -0.3 is 19.2 Å². The van der Waals surface area contributed by atoms with Crippen LogP contribution < -0.4 is 10.1 Å². The van der Waals surface area contributed by atoms with E-state index < -0.39 is 22.8 Å².